The smallest absolute Gasteiger partial charge is 0.244 e. The van der Waals surface area contributed by atoms with Crippen LogP contribution < -0.4 is 0 Å². The predicted octanol–water partition coefficient (Wildman–Crippen LogP) is 3.17. The minimum absolute atomic E-state index is 0.0765. The van der Waals surface area contributed by atoms with Gasteiger partial charge in [0.1, 0.15) is 0 Å². The Labute approximate surface area is 105 Å². The van der Waals surface area contributed by atoms with Crippen molar-refractivity contribution in [1.82, 2.24) is 0 Å². The average Bonchev–Trinajstić information content (AvgIpc) is 2.25. The summed E-state index contributed by atoms with van der Waals surface area (Å²) in [5.41, 5.74) is -0.805. The molecule has 0 amide bonds. The fraction of sp³-hybridized carbons (Fsp3) is 0.917. The molecule has 0 aromatic carbocycles. The molecule has 0 fully saturated rings. The third kappa shape index (κ3) is 10.8. The van der Waals surface area contributed by atoms with E-state index in [0.717, 1.165) is 12.8 Å². The minimum Gasteiger partial charge on any atom is -0.244 e. The maximum atomic E-state index is 11.0. The second kappa shape index (κ2) is 9.95. The Morgan fingerprint density at radius 2 is 1.24 bits per heavy atom. The lowest BCUT2D eigenvalue weighted by Crippen LogP contribution is -2.04. The molecule has 0 atom stereocenters. The van der Waals surface area contributed by atoms with Gasteiger partial charge in [-0.25, -0.2) is 4.79 Å². The highest BCUT2D eigenvalue weighted by atomic mass is 31.2. The molecule has 5 heteroatoms. The third-order valence-corrected chi connectivity index (χ3v) is 3.72. The Morgan fingerprint density at radius 1 is 0.824 bits per heavy atom. The van der Waals surface area contributed by atoms with Crippen molar-refractivity contribution < 1.29 is 19.5 Å². The summed E-state index contributed by atoms with van der Waals surface area (Å²) in [7, 11) is -4.22. The van der Waals surface area contributed by atoms with Crippen LogP contribution in [0.5, 0.6) is 0 Å². The average molecular weight is 265 g/mol. The van der Waals surface area contributed by atoms with E-state index in [2.05, 4.69) is 6.92 Å². The highest BCUT2D eigenvalue weighted by molar-refractivity contribution is 7.76. The van der Waals surface area contributed by atoms with Gasteiger partial charge in [-0.2, -0.15) is 14.7 Å². The van der Waals surface area contributed by atoms with E-state index < -0.39 is 13.5 Å². The maximum absolute atomic E-state index is 11.0. The number of carbonyl (C=O) groups excluding carboxylic acids is 1. The first-order valence-electron chi connectivity index (χ1n) is 6.59. The Bertz CT molecular complexity index is 201. The van der Waals surface area contributed by atoms with Crippen LogP contribution in [0.4, 0.5) is 0 Å². The molecule has 0 heterocycles. The van der Waals surface area contributed by atoms with Gasteiger partial charge in [0.2, 0.25) is 0 Å². The molecule has 0 aromatic heterocycles. The van der Waals surface area contributed by atoms with Gasteiger partial charge < -0.3 is 0 Å². The SMILES string of the molecule is CCCCCCCCCCCC(=O)[P+](O)(O)O. The second-order valence-electron chi connectivity index (χ2n) is 4.54. The van der Waals surface area contributed by atoms with Gasteiger partial charge in [0.05, 0.1) is 6.42 Å². The topological polar surface area (TPSA) is 77.8 Å². The van der Waals surface area contributed by atoms with Crippen molar-refractivity contribution in [3.8, 4) is 0 Å². The molecule has 0 saturated heterocycles. The maximum Gasteiger partial charge on any atom is 0.478 e. The zero-order valence-corrected chi connectivity index (χ0v) is 11.7. The number of hydrogen-bond acceptors (Lipinski definition) is 4. The van der Waals surface area contributed by atoms with Crippen molar-refractivity contribution in [2.75, 3.05) is 0 Å². The van der Waals surface area contributed by atoms with Gasteiger partial charge >= 0.3 is 13.5 Å². The Kier molecular flexibility index (Phi) is 9.94. The molecule has 0 bridgehead atoms. The van der Waals surface area contributed by atoms with Gasteiger partial charge in [-0.05, 0) is 6.42 Å². The summed E-state index contributed by atoms with van der Waals surface area (Å²) in [4.78, 5) is 37.0. The van der Waals surface area contributed by atoms with Gasteiger partial charge in [0.15, 0.2) is 0 Å². The predicted molar refractivity (Wildman–Crippen MR) is 70.4 cm³/mol. The Morgan fingerprint density at radius 3 is 1.65 bits per heavy atom. The van der Waals surface area contributed by atoms with E-state index in [9.17, 15) is 4.79 Å². The van der Waals surface area contributed by atoms with Crippen molar-refractivity contribution in [3.63, 3.8) is 0 Å². The lowest BCUT2D eigenvalue weighted by atomic mass is 10.1. The Hall–Kier alpha value is -0.0200. The van der Waals surface area contributed by atoms with E-state index in [1.165, 1.54) is 38.5 Å². The molecule has 0 unspecified atom stereocenters. The number of hydrogen-bond donors (Lipinski definition) is 3. The van der Waals surface area contributed by atoms with Gasteiger partial charge in [0.25, 0.3) is 0 Å². The first-order chi connectivity index (χ1) is 7.98. The number of carbonyl (C=O) groups is 1. The van der Waals surface area contributed by atoms with Crippen LogP contribution in [0.2, 0.25) is 0 Å². The van der Waals surface area contributed by atoms with Crippen LogP contribution in [0.1, 0.15) is 71.1 Å². The normalized spacial score (nSPS) is 11.8. The fourth-order valence-electron chi connectivity index (χ4n) is 1.74. The molecule has 0 aliphatic rings. The summed E-state index contributed by atoms with van der Waals surface area (Å²) in [5, 5.41) is 0. The van der Waals surface area contributed by atoms with Crippen LogP contribution in [0.15, 0.2) is 0 Å². The molecule has 0 saturated carbocycles. The van der Waals surface area contributed by atoms with Crippen LogP contribution in [0, 0.1) is 0 Å². The molecular weight excluding hydrogens is 239 g/mol. The van der Waals surface area contributed by atoms with Crippen molar-refractivity contribution in [1.29, 1.82) is 0 Å². The monoisotopic (exact) mass is 265 g/mol. The Balaban J connectivity index is 3.22. The van der Waals surface area contributed by atoms with Crippen LogP contribution in [0.3, 0.4) is 0 Å². The first kappa shape index (κ1) is 17.0. The van der Waals surface area contributed by atoms with Crippen molar-refractivity contribution in [3.05, 3.63) is 0 Å². The largest absolute Gasteiger partial charge is 0.478 e. The van der Waals surface area contributed by atoms with Gasteiger partial charge in [-0.1, -0.05) is 58.3 Å². The summed E-state index contributed by atoms with van der Waals surface area (Å²) in [6, 6.07) is 0. The van der Waals surface area contributed by atoms with E-state index in [1.807, 2.05) is 0 Å². The molecule has 0 rings (SSSR count). The van der Waals surface area contributed by atoms with E-state index in [1.54, 1.807) is 0 Å². The molecule has 3 N–H and O–H groups in total. The summed E-state index contributed by atoms with van der Waals surface area (Å²) < 4.78 is 0. The molecule has 0 spiro atoms. The fourth-order valence-corrected chi connectivity index (χ4v) is 2.19. The van der Waals surface area contributed by atoms with Crippen LogP contribution in [-0.4, -0.2) is 20.2 Å². The number of unbranched alkanes of at least 4 members (excludes halogenated alkanes) is 8. The molecule has 0 aromatic rings. The molecule has 0 aliphatic heterocycles. The molecule has 4 nitrogen and oxygen atoms in total. The summed E-state index contributed by atoms with van der Waals surface area (Å²) >= 11 is 0. The van der Waals surface area contributed by atoms with Gasteiger partial charge in [-0.15, -0.1) is 0 Å². The quantitative estimate of drug-likeness (QED) is 0.396. The minimum atomic E-state index is -4.22. The number of rotatable bonds is 11. The van der Waals surface area contributed by atoms with Crippen molar-refractivity contribution >= 4 is 13.5 Å². The highest BCUT2D eigenvalue weighted by Crippen LogP contribution is 2.46. The lowest BCUT2D eigenvalue weighted by molar-refractivity contribution is -0.114. The van der Waals surface area contributed by atoms with E-state index in [-0.39, 0.29) is 6.42 Å². The van der Waals surface area contributed by atoms with Gasteiger partial charge in [0, 0.05) is 0 Å². The zero-order valence-electron chi connectivity index (χ0n) is 10.8. The van der Waals surface area contributed by atoms with Crippen molar-refractivity contribution in [2.24, 2.45) is 0 Å². The third-order valence-electron chi connectivity index (χ3n) is 2.83. The molecule has 17 heavy (non-hydrogen) atoms. The molecule has 102 valence electrons. The van der Waals surface area contributed by atoms with E-state index >= 15 is 0 Å². The highest BCUT2D eigenvalue weighted by Gasteiger charge is 2.41. The molecular formula is C12H26O4P+. The summed E-state index contributed by atoms with van der Waals surface area (Å²) in [5.74, 6) is 0. The van der Waals surface area contributed by atoms with Crippen molar-refractivity contribution in [2.45, 2.75) is 71.1 Å². The molecule has 0 aliphatic carbocycles. The summed E-state index contributed by atoms with van der Waals surface area (Å²) in [6.45, 7) is 2.20. The molecule has 0 radical (unpaired) electrons. The standard InChI is InChI=1S/C12H26O4P/c1-2-3-4-5-6-7-8-9-10-11-12(13)17(14,15)16/h14-16H,2-11H2,1H3/q+1. The first-order valence-corrected chi connectivity index (χ1v) is 8.24. The van der Waals surface area contributed by atoms with Crippen LogP contribution in [-0.2, 0) is 4.79 Å². The lowest BCUT2D eigenvalue weighted by Gasteiger charge is -2.02. The second-order valence-corrected chi connectivity index (χ2v) is 6.18. The zero-order chi connectivity index (χ0) is 13.1. The van der Waals surface area contributed by atoms with Gasteiger partial charge in [-0.3, -0.25) is 0 Å². The van der Waals surface area contributed by atoms with E-state index in [4.69, 9.17) is 14.7 Å². The van der Waals surface area contributed by atoms with E-state index in [0.29, 0.717) is 6.42 Å². The van der Waals surface area contributed by atoms with Crippen LogP contribution in [0.25, 0.3) is 0 Å². The van der Waals surface area contributed by atoms with Crippen LogP contribution >= 0.6 is 7.94 Å². The summed E-state index contributed by atoms with van der Waals surface area (Å²) in [6.07, 6.45) is 10.3.